The number of aryl methyl sites for hydroxylation is 2. The fourth-order valence-electron chi connectivity index (χ4n) is 2.43. The lowest BCUT2D eigenvalue weighted by Crippen LogP contribution is -2.03. The molecular formula is C15H23N3. The molecule has 1 aromatic carbocycles. The van der Waals surface area contributed by atoms with Crippen molar-refractivity contribution in [2.24, 2.45) is 0 Å². The monoisotopic (exact) mass is 245 g/mol. The molecule has 0 amide bonds. The van der Waals surface area contributed by atoms with E-state index in [0.29, 0.717) is 0 Å². The number of benzene rings is 1. The van der Waals surface area contributed by atoms with Crippen molar-refractivity contribution in [3.05, 3.63) is 24.0 Å². The maximum atomic E-state index is 5.99. The Morgan fingerprint density at radius 2 is 2.00 bits per heavy atom. The van der Waals surface area contributed by atoms with Crippen LogP contribution in [-0.2, 0) is 13.0 Å². The zero-order valence-corrected chi connectivity index (χ0v) is 11.4. The molecule has 2 aromatic rings. The molecule has 2 N–H and O–H groups in total. The van der Waals surface area contributed by atoms with E-state index in [1.807, 2.05) is 12.1 Å². The summed E-state index contributed by atoms with van der Waals surface area (Å²) in [5.41, 5.74) is 8.93. The van der Waals surface area contributed by atoms with Crippen LogP contribution in [0.5, 0.6) is 0 Å². The largest absolute Gasteiger partial charge is 0.397 e. The van der Waals surface area contributed by atoms with Gasteiger partial charge in [0.1, 0.15) is 11.3 Å². The summed E-state index contributed by atoms with van der Waals surface area (Å²) in [5, 5.41) is 0. The molecule has 0 fully saturated rings. The Labute approximate surface area is 109 Å². The van der Waals surface area contributed by atoms with Crippen molar-refractivity contribution in [2.45, 2.75) is 52.5 Å². The van der Waals surface area contributed by atoms with Crippen LogP contribution in [0.2, 0.25) is 0 Å². The number of imidazole rings is 1. The predicted molar refractivity (Wildman–Crippen MR) is 77.7 cm³/mol. The number of nitrogens with zero attached hydrogens (tertiary/aromatic N) is 2. The van der Waals surface area contributed by atoms with Gasteiger partial charge >= 0.3 is 0 Å². The Hall–Kier alpha value is -1.51. The van der Waals surface area contributed by atoms with E-state index in [2.05, 4.69) is 29.5 Å². The van der Waals surface area contributed by atoms with Gasteiger partial charge in [-0.2, -0.15) is 0 Å². The lowest BCUT2D eigenvalue weighted by molar-refractivity contribution is 0.576. The normalized spacial score (nSPS) is 11.2. The third kappa shape index (κ3) is 2.50. The molecular weight excluding hydrogens is 222 g/mol. The Bertz CT molecular complexity index is 514. The average molecular weight is 245 g/mol. The van der Waals surface area contributed by atoms with Crippen molar-refractivity contribution in [1.29, 1.82) is 0 Å². The van der Waals surface area contributed by atoms with Crippen LogP contribution in [0.3, 0.4) is 0 Å². The lowest BCUT2D eigenvalue weighted by Gasteiger charge is -2.07. The molecule has 0 aliphatic heterocycles. The van der Waals surface area contributed by atoms with Gasteiger partial charge in [0.25, 0.3) is 0 Å². The number of anilines is 1. The molecule has 0 aliphatic carbocycles. The number of aromatic nitrogens is 2. The Kier molecular flexibility index (Phi) is 4.24. The Morgan fingerprint density at radius 3 is 2.72 bits per heavy atom. The highest BCUT2D eigenvalue weighted by Gasteiger charge is 2.10. The quantitative estimate of drug-likeness (QED) is 0.622. The fraction of sp³-hybridized carbons (Fsp3) is 0.533. The SMILES string of the molecule is CCCCCCn1c(CC)nc2c(N)cccc21. The maximum absolute atomic E-state index is 5.99. The molecule has 2 rings (SSSR count). The van der Waals surface area contributed by atoms with E-state index < -0.39 is 0 Å². The second-order valence-electron chi connectivity index (χ2n) is 4.81. The first-order chi connectivity index (χ1) is 8.77. The molecule has 0 spiro atoms. The number of hydrogen-bond acceptors (Lipinski definition) is 2. The summed E-state index contributed by atoms with van der Waals surface area (Å²) >= 11 is 0. The first kappa shape index (κ1) is 12.9. The number of rotatable bonds is 6. The van der Waals surface area contributed by atoms with Crippen molar-refractivity contribution >= 4 is 16.7 Å². The predicted octanol–water partition coefficient (Wildman–Crippen LogP) is 3.76. The van der Waals surface area contributed by atoms with Crippen molar-refractivity contribution in [3.63, 3.8) is 0 Å². The van der Waals surface area contributed by atoms with Gasteiger partial charge in [0.15, 0.2) is 0 Å². The second kappa shape index (κ2) is 5.89. The third-order valence-electron chi connectivity index (χ3n) is 3.44. The van der Waals surface area contributed by atoms with Crippen LogP contribution in [0.25, 0.3) is 11.0 Å². The molecule has 0 bridgehead atoms. The Balaban J connectivity index is 2.26. The summed E-state index contributed by atoms with van der Waals surface area (Å²) in [4.78, 5) is 4.67. The number of unbranched alkanes of at least 4 members (excludes halogenated alkanes) is 3. The van der Waals surface area contributed by atoms with Gasteiger partial charge in [0, 0.05) is 13.0 Å². The van der Waals surface area contributed by atoms with Crippen LogP contribution in [0, 0.1) is 0 Å². The minimum absolute atomic E-state index is 0.787. The van der Waals surface area contributed by atoms with Crippen LogP contribution in [0.4, 0.5) is 5.69 Å². The first-order valence-corrected chi connectivity index (χ1v) is 7.01. The van der Waals surface area contributed by atoms with Gasteiger partial charge in [-0.1, -0.05) is 39.2 Å². The summed E-state index contributed by atoms with van der Waals surface area (Å²) in [7, 11) is 0. The van der Waals surface area contributed by atoms with Gasteiger partial charge in [-0.3, -0.25) is 0 Å². The van der Waals surface area contributed by atoms with Gasteiger partial charge in [-0.15, -0.1) is 0 Å². The Morgan fingerprint density at radius 1 is 1.17 bits per heavy atom. The molecule has 0 aliphatic rings. The summed E-state index contributed by atoms with van der Waals surface area (Å²) in [6, 6.07) is 6.06. The molecule has 0 saturated heterocycles. The highest BCUT2D eigenvalue weighted by molar-refractivity contribution is 5.87. The molecule has 1 aromatic heterocycles. The van der Waals surface area contributed by atoms with Gasteiger partial charge in [0.05, 0.1) is 11.2 Å². The smallest absolute Gasteiger partial charge is 0.112 e. The molecule has 0 unspecified atom stereocenters. The highest BCUT2D eigenvalue weighted by atomic mass is 15.1. The minimum atomic E-state index is 0.787. The molecule has 3 heteroatoms. The van der Waals surface area contributed by atoms with Crippen molar-refractivity contribution in [2.75, 3.05) is 5.73 Å². The van der Waals surface area contributed by atoms with Gasteiger partial charge in [-0.05, 0) is 18.6 Å². The molecule has 0 radical (unpaired) electrons. The van der Waals surface area contributed by atoms with E-state index >= 15 is 0 Å². The van der Waals surface area contributed by atoms with E-state index in [4.69, 9.17) is 5.73 Å². The van der Waals surface area contributed by atoms with E-state index in [-0.39, 0.29) is 0 Å². The zero-order chi connectivity index (χ0) is 13.0. The highest BCUT2D eigenvalue weighted by Crippen LogP contribution is 2.22. The van der Waals surface area contributed by atoms with Crippen LogP contribution < -0.4 is 5.73 Å². The number of fused-ring (bicyclic) bond motifs is 1. The van der Waals surface area contributed by atoms with E-state index in [1.54, 1.807) is 0 Å². The standard InChI is InChI=1S/C15H23N3/c1-3-5-6-7-11-18-13-10-8-9-12(16)15(13)17-14(18)4-2/h8-10H,3-7,11,16H2,1-2H3. The van der Waals surface area contributed by atoms with Gasteiger partial charge in [0.2, 0.25) is 0 Å². The van der Waals surface area contributed by atoms with E-state index in [9.17, 15) is 0 Å². The lowest BCUT2D eigenvalue weighted by atomic mass is 10.2. The summed E-state index contributed by atoms with van der Waals surface area (Å²) in [6.07, 6.45) is 6.07. The van der Waals surface area contributed by atoms with Crippen LogP contribution in [0.15, 0.2) is 18.2 Å². The molecule has 1 heterocycles. The average Bonchev–Trinajstić information content (AvgIpc) is 2.74. The topological polar surface area (TPSA) is 43.8 Å². The number of nitrogens with two attached hydrogens (primary N) is 1. The third-order valence-corrected chi connectivity index (χ3v) is 3.44. The van der Waals surface area contributed by atoms with Crippen LogP contribution >= 0.6 is 0 Å². The zero-order valence-electron chi connectivity index (χ0n) is 11.4. The summed E-state index contributed by atoms with van der Waals surface area (Å²) < 4.78 is 2.33. The van der Waals surface area contributed by atoms with Crippen LogP contribution in [-0.4, -0.2) is 9.55 Å². The maximum Gasteiger partial charge on any atom is 0.112 e. The number of nitrogen functional groups attached to an aromatic ring is 1. The molecule has 98 valence electrons. The van der Waals surface area contributed by atoms with Crippen molar-refractivity contribution in [1.82, 2.24) is 9.55 Å². The summed E-state index contributed by atoms with van der Waals surface area (Å²) in [6.45, 7) is 5.45. The second-order valence-corrected chi connectivity index (χ2v) is 4.81. The minimum Gasteiger partial charge on any atom is -0.397 e. The first-order valence-electron chi connectivity index (χ1n) is 7.01. The van der Waals surface area contributed by atoms with Crippen molar-refractivity contribution < 1.29 is 0 Å². The van der Waals surface area contributed by atoms with Crippen LogP contribution in [0.1, 0.15) is 45.4 Å². The van der Waals surface area contributed by atoms with Gasteiger partial charge < -0.3 is 10.3 Å². The fourth-order valence-corrected chi connectivity index (χ4v) is 2.43. The molecule has 3 nitrogen and oxygen atoms in total. The molecule has 18 heavy (non-hydrogen) atoms. The van der Waals surface area contributed by atoms with E-state index in [1.165, 1.54) is 31.2 Å². The van der Waals surface area contributed by atoms with E-state index in [0.717, 1.165) is 30.0 Å². The number of hydrogen-bond donors (Lipinski definition) is 1. The van der Waals surface area contributed by atoms with Gasteiger partial charge in [-0.25, -0.2) is 4.98 Å². The van der Waals surface area contributed by atoms with Crippen molar-refractivity contribution in [3.8, 4) is 0 Å². The molecule has 0 atom stereocenters. The molecule has 0 saturated carbocycles. The number of para-hydroxylation sites is 1. The summed E-state index contributed by atoms with van der Waals surface area (Å²) in [5.74, 6) is 1.15.